The first-order chi connectivity index (χ1) is 9.13. The fraction of sp³-hybridized carbons (Fsp3) is 0.200. The molecule has 98 valence electrons. The molecule has 1 aliphatic rings. The molecule has 2 atom stereocenters. The van der Waals surface area contributed by atoms with Gasteiger partial charge in [0.05, 0.1) is 6.10 Å². The summed E-state index contributed by atoms with van der Waals surface area (Å²) in [6.07, 6.45) is -0.0166. The zero-order chi connectivity index (χ0) is 13.4. The molecular formula is C15H12Br2O2. The van der Waals surface area contributed by atoms with Gasteiger partial charge in [-0.1, -0.05) is 44.0 Å². The van der Waals surface area contributed by atoms with Gasteiger partial charge in [0.25, 0.3) is 0 Å². The zero-order valence-corrected chi connectivity index (χ0v) is 13.2. The van der Waals surface area contributed by atoms with Gasteiger partial charge in [-0.25, -0.2) is 0 Å². The maximum Gasteiger partial charge on any atom is 0.127 e. The van der Waals surface area contributed by atoms with Crippen molar-refractivity contribution in [2.75, 3.05) is 0 Å². The van der Waals surface area contributed by atoms with Gasteiger partial charge in [-0.2, -0.15) is 0 Å². The molecule has 3 rings (SSSR count). The molecule has 2 nitrogen and oxygen atoms in total. The Kier molecular flexibility index (Phi) is 3.65. The molecule has 2 aromatic rings. The first-order valence-electron chi connectivity index (χ1n) is 6.03. The highest BCUT2D eigenvalue weighted by molar-refractivity contribution is 9.10. The van der Waals surface area contributed by atoms with Crippen LogP contribution in [0, 0.1) is 0 Å². The second-order valence-electron chi connectivity index (χ2n) is 4.59. The Morgan fingerprint density at radius 1 is 1.00 bits per heavy atom. The van der Waals surface area contributed by atoms with Gasteiger partial charge >= 0.3 is 0 Å². The monoisotopic (exact) mass is 382 g/mol. The number of hydrogen-bond donors (Lipinski definition) is 1. The van der Waals surface area contributed by atoms with Crippen molar-refractivity contribution in [3.8, 4) is 5.75 Å². The molecule has 0 aliphatic carbocycles. The van der Waals surface area contributed by atoms with Gasteiger partial charge in [-0.15, -0.1) is 0 Å². The number of halogens is 2. The lowest BCUT2D eigenvalue weighted by molar-refractivity contribution is 0.0657. The predicted molar refractivity (Wildman–Crippen MR) is 81.2 cm³/mol. The van der Waals surface area contributed by atoms with Gasteiger partial charge in [0.2, 0.25) is 0 Å². The first kappa shape index (κ1) is 13.2. The van der Waals surface area contributed by atoms with Gasteiger partial charge in [0.15, 0.2) is 0 Å². The largest absolute Gasteiger partial charge is 0.485 e. The molecule has 0 saturated carbocycles. The summed E-state index contributed by atoms with van der Waals surface area (Å²) in [6.45, 7) is 0. The molecule has 2 aromatic carbocycles. The minimum atomic E-state index is -0.491. The fourth-order valence-electron chi connectivity index (χ4n) is 2.30. The number of aliphatic hydroxyl groups is 1. The van der Waals surface area contributed by atoms with Crippen molar-refractivity contribution >= 4 is 31.9 Å². The normalized spacial score (nSPS) is 21.6. The van der Waals surface area contributed by atoms with Crippen LogP contribution in [0.2, 0.25) is 0 Å². The first-order valence-corrected chi connectivity index (χ1v) is 7.62. The Morgan fingerprint density at radius 2 is 1.68 bits per heavy atom. The van der Waals surface area contributed by atoms with Crippen molar-refractivity contribution in [1.29, 1.82) is 0 Å². The Hall–Kier alpha value is -0.840. The van der Waals surface area contributed by atoms with E-state index in [-0.39, 0.29) is 6.10 Å². The van der Waals surface area contributed by atoms with Crippen LogP contribution in [-0.4, -0.2) is 5.11 Å². The molecule has 0 aromatic heterocycles. The lowest BCUT2D eigenvalue weighted by Gasteiger charge is -2.30. The molecule has 1 aliphatic heterocycles. The minimum absolute atomic E-state index is 0.100. The summed E-state index contributed by atoms with van der Waals surface area (Å²) in [5.74, 6) is 0.759. The number of fused-ring (bicyclic) bond motifs is 1. The quantitative estimate of drug-likeness (QED) is 0.768. The molecule has 0 bridgehead atoms. The van der Waals surface area contributed by atoms with E-state index in [0.717, 1.165) is 25.8 Å². The van der Waals surface area contributed by atoms with Crippen LogP contribution in [0.25, 0.3) is 0 Å². The summed E-state index contributed by atoms with van der Waals surface area (Å²) in [6, 6.07) is 13.8. The number of hydrogen-bond acceptors (Lipinski definition) is 2. The third kappa shape index (κ3) is 2.71. The van der Waals surface area contributed by atoms with Crippen LogP contribution in [0.4, 0.5) is 0 Å². The van der Waals surface area contributed by atoms with E-state index < -0.39 is 6.10 Å². The summed E-state index contributed by atoms with van der Waals surface area (Å²) >= 11 is 6.83. The molecule has 0 radical (unpaired) electrons. The van der Waals surface area contributed by atoms with Crippen LogP contribution in [-0.2, 0) is 0 Å². The van der Waals surface area contributed by atoms with E-state index in [9.17, 15) is 5.11 Å². The van der Waals surface area contributed by atoms with E-state index >= 15 is 0 Å². The van der Waals surface area contributed by atoms with Gasteiger partial charge in [-0.3, -0.25) is 0 Å². The van der Waals surface area contributed by atoms with E-state index in [1.165, 1.54) is 0 Å². The molecule has 0 spiro atoms. The molecule has 1 N–H and O–H groups in total. The Morgan fingerprint density at radius 3 is 2.42 bits per heavy atom. The maximum atomic E-state index is 10.3. The highest BCUT2D eigenvalue weighted by Gasteiger charge is 2.28. The lowest BCUT2D eigenvalue weighted by atomic mass is 9.95. The molecule has 0 amide bonds. The highest BCUT2D eigenvalue weighted by Crippen LogP contribution is 2.41. The molecule has 0 fully saturated rings. The zero-order valence-electron chi connectivity index (χ0n) is 10.0. The fourth-order valence-corrected chi connectivity index (χ4v) is 2.94. The maximum absolute atomic E-state index is 10.3. The molecule has 0 saturated heterocycles. The van der Waals surface area contributed by atoms with Gasteiger partial charge in [0, 0.05) is 20.9 Å². The third-order valence-electron chi connectivity index (χ3n) is 3.28. The number of benzene rings is 2. The van der Waals surface area contributed by atoms with Crippen molar-refractivity contribution in [2.45, 2.75) is 18.6 Å². The van der Waals surface area contributed by atoms with Crippen LogP contribution < -0.4 is 4.74 Å². The van der Waals surface area contributed by atoms with Crippen molar-refractivity contribution < 1.29 is 9.84 Å². The Bertz CT molecular complexity index is 596. The Labute approximate surface area is 128 Å². The SMILES string of the molecule is O[C@@H]1CC(c2ccc(Br)cc2)Oc2ccc(Br)cc21. The van der Waals surface area contributed by atoms with Crippen LogP contribution in [0.15, 0.2) is 51.4 Å². The second kappa shape index (κ2) is 5.27. The predicted octanol–water partition coefficient (Wildman–Crippen LogP) is 4.77. The number of aliphatic hydroxyl groups excluding tert-OH is 1. The van der Waals surface area contributed by atoms with Crippen LogP contribution in [0.5, 0.6) is 5.75 Å². The summed E-state index contributed by atoms with van der Waals surface area (Å²) in [7, 11) is 0. The topological polar surface area (TPSA) is 29.5 Å². The number of ether oxygens (including phenoxy) is 1. The van der Waals surface area contributed by atoms with Crippen molar-refractivity contribution in [1.82, 2.24) is 0 Å². The summed E-state index contributed by atoms with van der Waals surface area (Å²) in [4.78, 5) is 0. The van der Waals surface area contributed by atoms with Crippen molar-refractivity contribution in [2.24, 2.45) is 0 Å². The van der Waals surface area contributed by atoms with E-state index in [0.29, 0.717) is 6.42 Å². The molecular weight excluding hydrogens is 372 g/mol. The van der Waals surface area contributed by atoms with E-state index in [4.69, 9.17) is 4.74 Å². The molecule has 4 heteroatoms. The van der Waals surface area contributed by atoms with E-state index in [1.807, 2.05) is 42.5 Å². The van der Waals surface area contributed by atoms with Crippen molar-refractivity contribution in [3.63, 3.8) is 0 Å². The van der Waals surface area contributed by atoms with Crippen molar-refractivity contribution in [3.05, 3.63) is 62.5 Å². The lowest BCUT2D eigenvalue weighted by Crippen LogP contribution is -2.18. The highest BCUT2D eigenvalue weighted by atomic mass is 79.9. The van der Waals surface area contributed by atoms with Crippen LogP contribution >= 0.6 is 31.9 Å². The summed E-state index contributed by atoms with van der Waals surface area (Å²) in [5.41, 5.74) is 1.93. The number of rotatable bonds is 1. The average molecular weight is 384 g/mol. The molecule has 1 unspecified atom stereocenters. The standard InChI is InChI=1S/C15H12Br2O2/c16-10-3-1-9(2-4-10)15-8-13(18)12-7-11(17)5-6-14(12)19-15/h1-7,13,15,18H,8H2/t13-,15?/m1/s1. The average Bonchev–Trinajstić information content (AvgIpc) is 2.40. The molecule has 1 heterocycles. The summed E-state index contributed by atoms with van der Waals surface area (Å²) in [5, 5.41) is 10.3. The Balaban J connectivity index is 1.92. The van der Waals surface area contributed by atoms with Gasteiger partial charge in [0.1, 0.15) is 11.9 Å². The van der Waals surface area contributed by atoms with Crippen LogP contribution in [0.3, 0.4) is 0 Å². The van der Waals surface area contributed by atoms with E-state index in [1.54, 1.807) is 0 Å². The minimum Gasteiger partial charge on any atom is -0.485 e. The second-order valence-corrected chi connectivity index (χ2v) is 6.42. The third-order valence-corrected chi connectivity index (χ3v) is 4.30. The molecule has 19 heavy (non-hydrogen) atoms. The van der Waals surface area contributed by atoms with Crippen LogP contribution in [0.1, 0.15) is 29.8 Å². The van der Waals surface area contributed by atoms with E-state index in [2.05, 4.69) is 31.9 Å². The smallest absolute Gasteiger partial charge is 0.127 e. The van der Waals surface area contributed by atoms with Gasteiger partial charge < -0.3 is 9.84 Å². The van der Waals surface area contributed by atoms with Gasteiger partial charge in [-0.05, 0) is 35.9 Å². The summed E-state index contributed by atoms with van der Waals surface area (Å²) < 4.78 is 7.98.